The molecule has 0 N–H and O–H groups in total. The van der Waals surface area contributed by atoms with Gasteiger partial charge in [-0.3, -0.25) is 9.69 Å². The van der Waals surface area contributed by atoms with Crippen LogP contribution in [0.3, 0.4) is 0 Å². The second-order valence-electron chi connectivity index (χ2n) is 4.66. The van der Waals surface area contributed by atoms with E-state index >= 15 is 0 Å². The van der Waals surface area contributed by atoms with Crippen molar-refractivity contribution in [2.24, 2.45) is 4.40 Å². The molecule has 0 bridgehead atoms. The number of hydrogen-bond acceptors (Lipinski definition) is 4. The van der Waals surface area contributed by atoms with Crippen LogP contribution < -0.4 is 4.90 Å². The highest BCUT2D eigenvalue weighted by Gasteiger charge is 2.31. The predicted molar refractivity (Wildman–Crippen MR) is 95.1 cm³/mol. The van der Waals surface area contributed by atoms with Crippen molar-refractivity contribution in [3.63, 3.8) is 0 Å². The molecule has 118 valence electrons. The summed E-state index contributed by atoms with van der Waals surface area (Å²) in [6, 6.07) is 15.1. The normalized spacial score (nSPS) is 17.0. The number of sulfonamides is 1. The van der Waals surface area contributed by atoms with Gasteiger partial charge in [-0.15, -0.1) is 4.40 Å². The van der Waals surface area contributed by atoms with Gasteiger partial charge in [-0.2, -0.15) is 8.42 Å². The van der Waals surface area contributed by atoms with Gasteiger partial charge in [0.15, 0.2) is 5.17 Å². The van der Waals surface area contributed by atoms with Crippen LogP contribution >= 0.6 is 27.7 Å². The van der Waals surface area contributed by atoms with Gasteiger partial charge in [-0.1, -0.05) is 45.9 Å². The first-order valence-corrected chi connectivity index (χ1v) is 9.80. The molecule has 0 radical (unpaired) electrons. The number of anilines is 1. The molecule has 8 heteroatoms. The van der Waals surface area contributed by atoms with Gasteiger partial charge in [-0.05, 0) is 36.4 Å². The number of para-hydroxylation sites is 1. The van der Waals surface area contributed by atoms with Crippen molar-refractivity contribution in [2.75, 3.05) is 10.7 Å². The van der Waals surface area contributed by atoms with Crippen molar-refractivity contribution in [1.29, 1.82) is 0 Å². The lowest BCUT2D eigenvalue weighted by molar-refractivity contribution is -0.115. The van der Waals surface area contributed by atoms with Gasteiger partial charge in [0.1, 0.15) is 0 Å². The zero-order valence-electron chi connectivity index (χ0n) is 11.7. The fraction of sp³-hybridized carbons (Fsp3) is 0.0667. The van der Waals surface area contributed by atoms with Crippen LogP contribution in [0.5, 0.6) is 0 Å². The Hall–Kier alpha value is -1.64. The fourth-order valence-electron chi connectivity index (χ4n) is 2.02. The molecule has 5 nitrogen and oxygen atoms in total. The number of hydrogen-bond donors (Lipinski definition) is 0. The SMILES string of the molecule is O=C1CS/C(=N/S(=O)(=O)c2ccc(Br)cc2)N1c1ccccc1. The first-order valence-electron chi connectivity index (χ1n) is 6.59. The summed E-state index contributed by atoms with van der Waals surface area (Å²) in [6.45, 7) is 0. The standard InChI is InChI=1S/C15H11BrN2O3S2/c16-11-6-8-13(9-7-11)23(20,21)17-15-18(14(19)10-22-15)12-4-2-1-3-5-12/h1-9H,10H2/b17-15+. The minimum absolute atomic E-state index is 0.0844. The lowest BCUT2D eigenvalue weighted by Gasteiger charge is -2.15. The maximum atomic E-state index is 12.4. The zero-order chi connectivity index (χ0) is 16.4. The van der Waals surface area contributed by atoms with Crippen LogP contribution in [0.2, 0.25) is 0 Å². The Morgan fingerprint density at radius 2 is 1.70 bits per heavy atom. The van der Waals surface area contributed by atoms with E-state index in [1.54, 1.807) is 36.4 Å². The van der Waals surface area contributed by atoms with Gasteiger partial charge in [0, 0.05) is 4.47 Å². The van der Waals surface area contributed by atoms with Crippen LogP contribution in [0.1, 0.15) is 0 Å². The highest BCUT2D eigenvalue weighted by Crippen LogP contribution is 2.28. The molecule has 1 aliphatic heterocycles. The molecule has 3 rings (SSSR count). The van der Waals surface area contributed by atoms with Gasteiger partial charge in [-0.25, -0.2) is 0 Å². The third-order valence-corrected chi connectivity index (χ3v) is 5.94. The molecule has 0 aliphatic carbocycles. The van der Waals surface area contributed by atoms with Crippen molar-refractivity contribution >= 4 is 54.5 Å². The summed E-state index contributed by atoms with van der Waals surface area (Å²) in [4.78, 5) is 13.5. The summed E-state index contributed by atoms with van der Waals surface area (Å²) < 4.78 is 29.5. The zero-order valence-corrected chi connectivity index (χ0v) is 14.9. The number of carbonyl (C=O) groups is 1. The van der Waals surface area contributed by atoms with Crippen LogP contribution in [0.15, 0.2) is 68.4 Å². The van der Waals surface area contributed by atoms with Crippen LogP contribution in [0.4, 0.5) is 5.69 Å². The summed E-state index contributed by atoms with van der Waals surface area (Å²) >= 11 is 4.38. The molecular weight excluding hydrogens is 400 g/mol. The molecule has 0 aromatic heterocycles. The minimum atomic E-state index is -3.87. The molecule has 1 fully saturated rings. The summed E-state index contributed by atoms with van der Waals surface area (Å²) in [5, 5.41) is 0.170. The second-order valence-corrected chi connectivity index (χ2v) is 8.12. The first kappa shape index (κ1) is 16.2. The third kappa shape index (κ3) is 3.49. The molecule has 0 unspecified atom stereocenters. The highest BCUT2D eigenvalue weighted by molar-refractivity contribution is 9.10. The molecular formula is C15H11BrN2O3S2. The number of carbonyl (C=O) groups excluding carboxylic acids is 1. The summed E-state index contributed by atoms with van der Waals surface area (Å²) in [5.41, 5.74) is 0.604. The van der Waals surface area contributed by atoms with E-state index in [4.69, 9.17) is 0 Å². The van der Waals surface area contributed by atoms with Crippen LogP contribution in [0, 0.1) is 0 Å². The Kier molecular flexibility index (Phi) is 4.56. The first-order chi connectivity index (χ1) is 11.0. The molecule has 1 amide bonds. The van der Waals surface area contributed by atoms with E-state index in [0.29, 0.717) is 5.69 Å². The Balaban J connectivity index is 2.00. The monoisotopic (exact) mass is 410 g/mol. The van der Waals surface area contributed by atoms with Gasteiger partial charge in [0.2, 0.25) is 5.91 Å². The second kappa shape index (κ2) is 6.46. The number of rotatable bonds is 3. The number of halogens is 1. The molecule has 1 aliphatic rings. The third-order valence-electron chi connectivity index (χ3n) is 3.09. The average Bonchev–Trinajstić information content (AvgIpc) is 2.88. The maximum absolute atomic E-state index is 12.4. The Morgan fingerprint density at radius 3 is 2.35 bits per heavy atom. The van der Waals surface area contributed by atoms with Gasteiger partial charge in [0.05, 0.1) is 16.3 Å². The van der Waals surface area contributed by atoms with Crippen molar-refractivity contribution in [3.05, 3.63) is 59.1 Å². The molecule has 0 atom stereocenters. The van der Waals surface area contributed by atoms with Gasteiger partial charge in [0.25, 0.3) is 10.0 Å². The minimum Gasteiger partial charge on any atom is -0.273 e. The van der Waals surface area contributed by atoms with E-state index in [0.717, 1.165) is 16.2 Å². The number of amidine groups is 1. The van der Waals surface area contributed by atoms with Crippen LogP contribution in [-0.2, 0) is 14.8 Å². The molecule has 2 aromatic rings. The Morgan fingerprint density at radius 1 is 1.04 bits per heavy atom. The van der Waals surface area contributed by atoms with E-state index in [2.05, 4.69) is 20.3 Å². The molecule has 0 spiro atoms. The summed E-state index contributed by atoms with van der Waals surface area (Å²) in [7, 11) is -3.87. The maximum Gasteiger partial charge on any atom is 0.284 e. The topological polar surface area (TPSA) is 66.8 Å². The Labute approximate surface area is 146 Å². The van der Waals surface area contributed by atoms with E-state index in [9.17, 15) is 13.2 Å². The Bertz CT molecular complexity index is 865. The highest BCUT2D eigenvalue weighted by atomic mass is 79.9. The molecule has 1 heterocycles. The van der Waals surface area contributed by atoms with E-state index in [-0.39, 0.29) is 21.7 Å². The van der Waals surface area contributed by atoms with Gasteiger partial charge >= 0.3 is 0 Å². The van der Waals surface area contributed by atoms with Crippen LogP contribution in [-0.4, -0.2) is 25.2 Å². The van der Waals surface area contributed by atoms with Crippen molar-refractivity contribution in [1.82, 2.24) is 0 Å². The lowest BCUT2D eigenvalue weighted by Crippen LogP contribution is -2.29. The number of amides is 1. The molecule has 0 saturated carbocycles. The van der Waals surface area contributed by atoms with Crippen molar-refractivity contribution < 1.29 is 13.2 Å². The average molecular weight is 411 g/mol. The predicted octanol–water partition coefficient (Wildman–Crippen LogP) is 3.27. The quantitative estimate of drug-likeness (QED) is 0.778. The van der Waals surface area contributed by atoms with Crippen molar-refractivity contribution in [3.8, 4) is 0 Å². The van der Waals surface area contributed by atoms with E-state index < -0.39 is 10.0 Å². The largest absolute Gasteiger partial charge is 0.284 e. The number of nitrogens with zero attached hydrogens (tertiary/aromatic N) is 2. The molecule has 1 saturated heterocycles. The van der Waals surface area contributed by atoms with E-state index in [1.807, 2.05) is 6.07 Å². The van der Waals surface area contributed by atoms with E-state index in [1.165, 1.54) is 17.0 Å². The van der Waals surface area contributed by atoms with Crippen LogP contribution in [0.25, 0.3) is 0 Å². The number of benzene rings is 2. The summed E-state index contributed by atoms with van der Waals surface area (Å²) in [6.07, 6.45) is 0. The number of thioether (sulfide) groups is 1. The molecule has 2 aromatic carbocycles. The summed E-state index contributed by atoms with van der Waals surface area (Å²) in [5.74, 6) is -0.0187. The molecule has 23 heavy (non-hydrogen) atoms. The van der Waals surface area contributed by atoms with Crippen molar-refractivity contribution in [2.45, 2.75) is 4.90 Å². The smallest absolute Gasteiger partial charge is 0.273 e. The lowest BCUT2D eigenvalue weighted by atomic mass is 10.3. The fourth-order valence-corrected chi connectivity index (χ4v) is 4.38. The van der Waals surface area contributed by atoms with Gasteiger partial charge < -0.3 is 0 Å².